The van der Waals surface area contributed by atoms with Crippen LogP contribution in [0.5, 0.6) is 5.75 Å². The van der Waals surface area contributed by atoms with Gasteiger partial charge in [-0.1, -0.05) is 18.2 Å². The summed E-state index contributed by atoms with van der Waals surface area (Å²) in [5.41, 5.74) is -0.488. The van der Waals surface area contributed by atoms with Crippen molar-refractivity contribution in [2.75, 3.05) is 45.9 Å². The molecule has 1 heterocycles. The van der Waals surface area contributed by atoms with Crippen molar-refractivity contribution in [2.45, 2.75) is 45.8 Å². The predicted molar refractivity (Wildman–Crippen MR) is 121 cm³/mol. The molecule has 0 aromatic heterocycles. The Morgan fingerprint density at radius 1 is 1.06 bits per heavy atom. The minimum Gasteiger partial charge on any atom is -0.484 e. The van der Waals surface area contributed by atoms with Crippen molar-refractivity contribution in [3.05, 3.63) is 30.3 Å². The number of hydrogen-bond donors (Lipinski definition) is 2. The number of amides is 3. The normalized spacial score (nSPS) is 15.6. The molecule has 178 valence electrons. The fourth-order valence-corrected chi connectivity index (χ4v) is 3.16. The first-order chi connectivity index (χ1) is 15.1. The largest absolute Gasteiger partial charge is 0.484 e. The van der Waals surface area contributed by atoms with E-state index in [0.29, 0.717) is 25.4 Å². The summed E-state index contributed by atoms with van der Waals surface area (Å²) in [6.45, 7) is 11.3. The molecule has 1 saturated heterocycles. The van der Waals surface area contributed by atoms with E-state index in [4.69, 9.17) is 9.47 Å². The number of rotatable bonds is 9. The van der Waals surface area contributed by atoms with Gasteiger partial charge in [0.2, 0.25) is 5.91 Å². The fourth-order valence-electron chi connectivity index (χ4n) is 3.16. The van der Waals surface area contributed by atoms with E-state index in [1.54, 1.807) is 24.0 Å². The van der Waals surface area contributed by atoms with Gasteiger partial charge in [0.15, 0.2) is 6.61 Å². The summed E-state index contributed by atoms with van der Waals surface area (Å²) in [5.74, 6) is 0.0267. The van der Waals surface area contributed by atoms with Crippen LogP contribution in [0.25, 0.3) is 0 Å². The number of nitrogens with one attached hydrogen (secondary N) is 2. The van der Waals surface area contributed by atoms with Gasteiger partial charge >= 0.3 is 6.09 Å². The Bertz CT molecular complexity index is 743. The molecule has 9 nitrogen and oxygen atoms in total. The lowest BCUT2D eigenvalue weighted by molar-refractivity contribution is -0.129. The standard InChI is InChI=1S/C23H36N4O5/c1-18(25-20(28)17-31-19-9-6-5-7-10-19)21(29)24-11-8-12-26-13-15-27(16-14-26)22(30)32-23(2,3)4/h5-7,9-10,18H,8,11-17H2,1-4H3,(H,24,29)(H,25,28)/t18-/m1/s1. The summed E-state index contributed by atoms with van der Waals surface area (Å²) in [5, 5.41) is 5.48. The van der Waals surface area contributed by atoms with E-state index in [-0.39, 0.29) is 24.5 Å². The fraction of sp³-hybridized carbons (Fsp3) is 0.609. The molecule has 9 heteroatoms. The van der Waals surface area contributed by atoms with Crippen molar-refractivity contribution >= 4 is 17.9 Å². The van der Waals surface area contributed by atoms with E-state index in [1.165, 1.54) is 0 Å². The SMILES string of the molecule is C[C@@H](NC(=O)COc1ccccc1)C(=O)NCCCN1CCN(C(=O)OC(C)(C)C)CC1. The third-order valence-corrected chi connectivity index (χ3v) is 4.86. The number of nitrogens with zero attached hydrogens (tertiary/aromatic N) is 2. The molecule has 1 atom stereocenters. The number of hydrogen-bond acceptors (Lipinski definition) is 6. The molecule has 1 fully saturated rings. The van der Waals surface area contributed by atoms with Crippen molar-refractivity contribution in [3.8, 4) is 5.75 Å². The van der Waals surface area contributed by atoms with Gasteiger partial charge in [-0.15, -0.1) is 0 Å². The van der Waals surface area contributed by atoms with Crippen LogP contribution in [-0.2, 0) is 14.3 Å². The van der Waals surface area contributed by atoms with Crippen LogP contribution >= 0.6 is 0 Å². The Hall–Kier alpha value is -2.81. The van der Waals surface area contributed by atoms with Crippen LogP contribution in [0, 0.1) is 0 Å². The molecule has 0 unspecified atom stereocenters. The molecule has 32 heavy (non-hydrogen) atoms. The highest BCUT2D eigenvalue weighted by molar-refractivity contribution is 5.87. The van der Waals surface area contributed by atoms with E-state index in [2.05, 4.69) is 15.5 Å². The van der Waals surface area contributed by atoms with Crippen LogP contribution in [0.3, 0.4) is 0 Å². The average molecular weight is 449 g/mol. The number of para-hydroxylation sites is 1. The zero-order valence-electron chi connectivity index (χ0n) is 19.6. The van der Waals surface area contributed by atoms with Crippen LogP contribution < -0.4 is 15.4 Å². The second kappa shape index (κ2) is 12.3. The summed E-state index contributed by atoms with van der Waals surface area (Å²) >= 11 is 0. The molecular formula is C23H36N4O5. The summed E-state index contributed by atoms with van der Waals surface area (Å²) in [4.78, 5) is 40.3. The van der Waals surface area contributed by atoms with Crippen molar-refractivity contribution in [3.63, 3.8) is 0 Å². The van der Waals surface area contributed by atoms with Crippen molar-refractivity contribution in [1.82, 2.24) is 20.4 Å². The van der Waals surface area contributed by atoms with Gasteiger partial charge in [-0.05, 0) is 52.8 Å². The molecule has 2 N–H and O–H groups in total. The van der Waals surface area contributed by atoms with Gasteiger partial charge in [-0.25, -0.2) is 4.79 Å². The first kappa shape index (κ1) is 25.5. The molecule has 0 radical (unpaired) electrons. The number of carbonyl (C=O) groups is 3. The molecule has 1 aromatic carbocycles. The number of benzene rings is 1. The Balaban J connectivity index is 1.56. The highest BCUT2D eigenvalue weighted by Gasteiger charge is 2.25. The van der Waals surface area contributed by atoms with Crippen molar-refractivity contribution in [1.29, 1.82) is 0 Å². The third kappa shape index (κ3) is 9.55. The second-order valence-corrected chi connectivity index (χ2v) is 8.84. The molecule has 0 saturated carbocycles. The first-order valence-corrected chi connectivity index (χ1v) is 11.1. The molecular weight excluding hydrogens is 412 g/mol. The lowest BCUT2D eigenvalue weighted by Gasteiger charge is -2.35. The maximum Gasteiger partial charge on any atom is 0.410 e. The van der Waals surface area contributed by atoms with Gasteiger partial charge in [0, 0.05) is 32.7 Å². The summed E-state index contributed by atoms with van der Waals surface area (Å²) in [7, 11) is 0. The maximum atomic E-state index is 12.2. The smallest absolute Gasteiger partial charge is 0.410 e. The van der Waals surface area contributed by atoms with E-state index >= 15 is 0 Å². The minimum absolute atomic E-state index is 0.142. The molecule has 1 aliphatic heterocycles. The Labute approximate surface area is 190 Å². The van der Waals surface area contributed by atoms with E-state index in [1.807, 2.05) is 39.0 Å². The monoisotopic (exact) mass is 448 g/mol. The van der Waals surface area contributed by atoms with Gasteiger partial charge in [0.1, 0.15) is 17.4 Å². The lowest BCUT2D eigenvalue weighted by Crippen LogP contribution is -2.50. The highest BCUT2D eigenvalue weighted by Crippen LogP contribution is 2.12. The molecule has 2 rings (SSSR count). The zero-order chi connectivity index (χ0) is 23.6. The number of ether oxygens (including phenoxy) is 2. The van der Waals surface area contributed by atoms with Gasteiger partial charge < -0.3 is 25.0 Å². The zero-order valence-corrected chi connectivity index (χ0v) is 19.6. The van der Waals surface area contributed by atoms with Crippen LogP contribution in [-0.4, -0.2) is 85.2 Å². The summed E-state index contributed by atoms with van der Waals surface area (Å²) in [6.07, 6.45) is 0.519. The second-order valence-electron chi connectivity index (χ2n) is 8.84. The van der Waals surface area contributed by atoms with Crippen LogP contribution in [0.4, 0.5) is 4.79 Å². The molecule has 0 spiro atoms. The summed E-state index contributed by atoms with van der Waals surface area (Å²) in [6, 6.07) is 8.40. The quantitative estimate of drug-likeness (QED) is 0.557. The lowest BCUT2D eigenvalue weighted by atomic mass is 10.2. The van der Waals surface area contributed by atoms with Crippen LogP contribution in [0.1, 0.15) is 34.1 Å². The molecule has 0 aliphatic carbocycles. The Morgan fingerprint density at radius 3 is 2.34 bits per heavy atom. The first-order valence-electron chi connectivity index (χ1n) is 11.1. The van der Waals surface area contributed by atoms with E-state index in [0.717, 1.165) is 26.1 Å². The highest BCUT2D eigenvalue weighted by atomic mass is 16.6. The minimum atomic E-state index is -0.640. The van der Waals surface area contributed by atoms with Gasteiger partial charge in [0.25, 0.3) is 5.91 Å². The molecule has 3 amide bonds. The maximum absolute atomic E-state index is 12.2. The van der Waals surface area contributed by atoms with Crippen LogP contribution in [0.15, 0.2) is 30.3 Å². The average Bonchev–Trinajstić information content (AvgIpc) is 2.75. The predicted octanol–water partition coefficient (Wildman–Crippen LogP) is 1.63. The molecule has 1 aromatic rings. The van der Waals surface area contributed by atoms with Crippen molar-refractivity contribution in [2.24, 2.45) is 0 Å². The van der Waals surface area contributed by atoms with Gasteiger partial charge in [0.05, 0.1) is 0 Å². The van der Waals surface area contributed by atoms with E-state index in [9.17, 15) is 14.4 Å². The number of carbonyl (C=O) groups excluding carboxylic acids is 3. The topological polar surface area (TPSA) is 100 Å². The Morgan fingerprint density at radius 2 is 1.72 bits per heavy atom. The third-order valence-electron chi connectivity index (χ3n) is 4.86. The van der Waals surface area contributed by atoms with Gasteiger partial charge in [-0.2, -0.15) is 0 Å². The van der Waals surface area contributed by atoms with E-state index < -0.39 is 11.6 Å². The number of piperazine rings is 1. The summed E-state index contributed by atoms with van der Waals surface area (Å²) < 4.78 is 10.8. The van der Waals surface area contributed by atoms with Crippen LogP contribution in [0.2, 0.25) is 0 Å². The van der Waals surface area contributed by atoms with Crippen molar-refractivity contribution < 1.29 is 23.9 Å². The Kier molecular flexibility index (Phi) is 9.77. The molecule has 0 bridgehead atoms. The molecule has 1 aliphatic rings. The van der Waals surface area contributed by atoms with Gasteiger partial charge in [-0.3, -0.25) is 14.5 Å².